The lowest BCUT2D eigenvalue weighted by Crippen LogP contribution is -2.53. The summed E-state index contributed by atoms with van der Waals surface area (Å²) in [6.45, 7) is 15.8. The Bertz CT molecular complexity index is 746. The molecule has 1 aromatic rings. The number of hydrogen-bond donors (Lipinski definition) is 1. The van der Waals surface area contributed by atoms with Crippen LogP contribution in [-0.4, -0.2) is 98.6 Å². The molecule has 1 aromatic carbocycles. The van der Waals surface area contributed by atoms with Crippen LogP contribution in [0.5, 0.6) is 0 Å². The third kappa shape index (κ3) is 7.39. The largest absolute Gasteiger partial charge is 0.368 e. The van der Waals surface area contributed by atoms with Crippen LogP contribution in [0.2, 0.25) is 5.02 Å². The molecule has 2 aliphatic heterocycles. The van der Waals surface area contributed by atoms with Crippen LogP contribution in [0, 0.1) is 6.92 Å². The van der Waals surface area contributed by atoms with E-state index in [2.05, 4.69) is 46.0 Å². The molecule has 2 saturated heterocycles. The van der Waals surface area contributed by atoms with Gasteiger partial charge >= 0.3 is 0 Å². The number of rotatable bonds is 5. The first-order valence-corrected chi connectivity index (χ1v) is 11.4. The first-order chi connectivity index (χ1) is 14.5. The summed E-state index contributed by atoms with van der Waals surface area (Å²) in [5.74, 6) is 1.18. The molecule has 2 fully saturated rings. The number of nitrogens with one attached hydrogen (secondary N) is 1. The molecule has 0 atom stereocenters. The molecule has 1 amide bonds. The van der Waals surface area contributed by atoms with Crippen LogP contribution in [0.3, 0.4) is 0 Å². The molecule has 2 heterocycles. The van der Waals surface area contributed by atoms with E-state index in [9.17, 15) is 4.79 Å². The van der Waals surface area contributed by atoms with Gasteiger partial charge in [-0.2, -0.15) is 0 Å². The average Bonchev–Trinajstić information content (AvgIpc) is 2.75. The van der Waals surface area contributed by atoms with Crippen molar-refractivity contribution >= 4 is 53.1 Å². The highest BCUT2D eigenvalue weighted by atomic mass is 127. The van der Waals surface area contributed by atoms with E-state index in [1.54, 1.807) is 6.92 Å². The normalized spacial score (nSPS) is 18.1. The van der Waals surface area contributed by atoms with Gasteiger partial charge in [0.05, 0.1) is 6.54 Å². The molecule has 1 N–H and O–H groups in total. The second-order valence-electron chi connectivity index (χ2n) is 7.99. The van der Waals surface area contributed by atoms with Crippen LogP contribution >= 0.6 is 35.6 Å². The lowest BCUT2D eigenvalue weighted by atomic mass is 10.1. The highest BCUT2D eigenvalue weighted by molar-refractivity contribution is 14.0. The van der Waals surface area contributed by atoms with Gasteiger partial charge in [0.1, 0.15) is 0 Å². The lowest BCUT2D eigenvalue weighted by molar-refractivity contribution is -0.130. The number of halogens is 2. The predicted octanol–water partition coefficient (Wildman–Crippen LogP) is 2.52. The molecule has 9 heteroatoms. The summed E-state index contributed by atoms with van der Waals surface area (Å²) < 4.78 is 0. The second kappa shape index (κ2) is 12.7. The van der Waals surface area contributed by atoms with Crippen molar-refractivity contribution in [1.29, 1.82) is 0 Å². The van der Waals surface area contributed by atoms with E-state index in [4.69, 9.17) is 16.6 Å². The van der Waals surface area contributed by atoms with Crippen molar-refractivity contribution in [3.63, 3.8) is 0 Å². The number of hydrogen-bond acceptors (Lipinski definition) is 4. The van der Waals surface area contributed by atoms with Crippen LogP contribution in [0.4, 0.5) is 5.69 Å². The lowest BCUT2D eigenvalue weighted by Gasteiger charge is -2.38. The zero-order valence-electron chi connectivity index (χ0n) is 18.9. The Labute approximate surface area is 208 Å². The third-order valence-electron chi connectivity index (χ3n) is 5.92. The molecular formula is C22H36ClIN6O. The summed E-state index contributed by atoms with van der Waals surface area (Å²) in [7, 11) is 0. The summed E-state index contributed by atoms with van der Waals surface area (Å²) in [6, 6.07) is 6.11. The van der Waals surface area contributed by atoms with Gasteiger partial charge < -0.3 is 20.0 Å². The Morgan fingerprint density at radius 1 is 1.06 bits per heavy atom. The van der Waals surface area contributed by atoms with Crippen molar-refractivity contribution in [1.82, 2.24) is 20.0 Å². The number of carbonyl (C=O) groups is 1. The number of aryl methyl sites for hydroxylation is 1. The van der Waals surface area contributed by atoms with Gasteiger partial charge in [0.15, 0.2) is 5.96 Å². The van der Waals surface area contributed by atoms with E-state index in [0.717, 1.165) is 83.0 Å². The first-order valence-electron chi connectivity index (χ1n) is 11.0. The zero-order chi connectivity index (χ0) is 21.5. The van der Waals surface area contributed by atoms with Crippen LogP contribution in [0.1, 0.15) is 19.4 Å². The number of aliphatic imine (C=N–C) groups is 1. The van der Waals surface area contributed by atoms with Crippen molar-refractivity contribution in [2.45, 2.75) is 20.8 Å². The van der Waals surface area contributed by atoms with E-state index in [1.807, 2.05) is 11.0 Å². The zero-order valence-corrected chi connectivity index (χ0v) is 22.0. The fourth-order valence-corrected chi connectivity index (χ4v) is 4.26. The molecule has 0 spiro atoms. The Morgan fingerprint density at radius 2 is 1.71 bits per heavy atom. The van der Waals surface area contributed by atoms with Crippen LogP contribution < -0.4 is 10.2 Å². The van der Waals surface area contributed by atoms with Crippen molar-refractivity contribution in [2.75, 3.05) is 76.9 Å². The van der Waals surface area contributed by atoms with Crippen molar-refractivity contribution in [3.8, 4) is 0 Å². The SMILES string of the molecule is CCNC(=NCCN1CCN(C(C)=O)CC1)N1CCN(c2cc(Cl)ccc2C)CC1.I. The van der Waals surface area contributed by atoms with Crippen LogP contribution in [0.15, 0.2) is 23.2 Å². The Balaban J connectivity index is 0.00000341. The molecule has 7 nitrogen and oxygen atoms in total. The van der Waals surface area contributed by atoms with E-state index in [-0.39, 0.29) is 29.9 Å². The number of amides is 1. The minimum atomic E-state index is 0. The second-order valence-corrected chi connectivity index (χ2v) is 8.42. The van der Waals surface area contributed by atoms with E-state index in [0.29, 0.717) is 0 Å². The Hall–Kier alpha value is -1.26. The maximum absolute atomic E-state index is 11.5. The topological polar surface area (TPSA) is 54.4 Å². The Kier molecular flexibility index (Phi) is 10.6. The summed E-state index contributed by atoms with van der Waals surface area (Å²) in [6.07, 6.45) is 0. The molecule has 0 bridgehead atoms. The fourth-order valence-electron chi connectivity index (χ4n) is 4.09. The quantitative estimate of drug-likeness (QED) is 0.340. The number of nitrogens with zero attached hydrogens (tertiary/aromatic N) is 5. The van der Waals surface area contributed by atoms with Crippen LogP contribution in [0.25, 0.3) is 0 Å². The van der Waals surface area contributed by atoms with Crippen molar-refractivity contribution in [2.24, 2.45) is 4.99 Å². The number of piperazine rings is 2. The molecule has 0 radical (unpaired) electrons. The third-order valence-corrected chi connectivity index (χ3v) is 6.16. The molecule has 0 saturated carbocycles. The number of guanidine groups is 1. The van der Waals surface area contributed by atoms with Crippen molar-refractivity contribution < 1.29 is 4.79 Å². The van der Waals surface area contributed by atoms with Crippen LogP contribution in [-0.2, 0) is 4.79 Å². The van der Waals surface area contributed by atoms with Gasteiger partial charge in [0, 0.05) is 83.1 Å². The summed E-state index contributed by atoms with van der Waals surface area (Å²) >= 11 is 6.21. The van der Waals surface area contributed by atoms with Gasteiger partial charge in [-0.25, -0.2) is 0 Å². The summed E-state index contributed by atoms with van der Waals surface area (Å²) in [4.78, 5) is 25.4. The van der Waals surface area contributed by atoms with Gasteiger partial charge in [-0.3, -0.25) is 14.7 Å². The maximum Gasteiger partial charge on any atom is 0.219 e. The van der Waals surface area contributed by atoms with Gasteiger partial charge in [-0.15, -0.1) is 24.0 Å². The van der Waals surface area contributed by atoms with E-state index >= 15 is 0 Å². The number of carbonyl (C=O) groups excluding carboxylic acids is 1. The molecular weight excluding hydrogens is 527 g/mol. The molecule has 31 heavy (non-hydrogen) atoms. The average molecular weight is 563 g/mol. The Morgan fingerprint density at radius 3 is 2.32 bits per heavy atom. The number of benzene rings is 1. The summed E-state index contributed by atoms with van der Waals surface area (Å²) in [5, 5.41) is 4.24. The smallest absolute Gasteiger partial charge is 0.219 e. The van der Waals surface area contributed by atoms with Gasteiger partial charge in [-0.05, 0) is 31.5 Å². The highest BCUT2D eigenvalue weighted by Gasteiger charge is 2.22. The monoisotopic (exact) mass is 562 g/mol. The van der Waals surface area contributed by atoms with Crippen molar-refractivity contribution in [3.05, 3.63) is 28.8 Å². The minimum absolute atomic E-state index is 0. The molecule has 174 valence electrons. The first kappa shape index (κ1) is 26.0. The van der Waals surface area contributed by atoms with Gasteiger partial charge in [0.2, 0.25) is 5.91 Å². The fraction of sp³-hybridized carbons (Fsp3) is 0.636. The molecule has 0 aromatic heterocycles. The molecule has 0 aliphatic carbocycles. The minimum Gasteiger partial charge on any atom is -0.368 e. The maximum atomic E-state index is 11.5. The summed E-state index contributed by atoms with van der Waals surface area (Å²) in [5.41, 5.74) is 2.49. The predicted molar refractivity (Wildman–Crippen MR) is 140 cm³/mol. The van der Waals surface area contributed by atoms with Gasteiger partial charge in [-0.1, -0.05) is 17.7 Å². The van der Waals surface area contributed by atoms with Gasteiger partial charge in [0.25, 0.3) is 0 Å². The molecule has 3 rings (SSSR count). The number of anilines is 1. The molecule has 2 aliphatic rings. The van der Waals surface area contributed by atoms with E-state index in [1.165, 1.54) is 11.3 Å². The highest BCUT2D eigenvalue weighted by Crippen LogP contribution is 2.25. The standard InChI is InChI=1S/C22H35ClN6O.HI/c1-4-24-22(25-7-8-26-9-11-27(12-10-26)19(3)30)29-15-13-28(14-16-29)21-17-20(23)6-5-18(21)2;/h5-6,17H,4,7-16H2,1-3H3,(H,24,25);1H. The molecule has 0 unspecified atom stereocenters. The van der Waals surface area contributed by atoms with E-state index < -0.39 is 0 Å².